The lowest BCUT2D eigenvalue weighted by Gasteiger charge is -2.16. The van der Waals surface area contributed by atoms with E-state index in [1.807, 2.05) is 13.8 Å². The molecule has 0 radical (unpaired) electrons. The van der Waals surface area contributed by atoms with Crippen LogP contribution in [0.1, 0.15) is 31.7 Å². The summed E-state index contributed by atoms with van der Waals surface area (Å²) in [5.41, 5.74) is 0.306. The quantitative estimate of drug-likeness (QED) is 0.716. The topological polar surface area (TPSA) is 68.0 Å². The average Bonchev–Trinajstić information content (AvgIpc) is 2.98. The largest absolute Gasteiger partial charge is 0.471 e. The van der Waals surface area contributed by atoms with Gasteiger partial charge in [-0.15, -0.1) is 23.2 Å². The number of hydrogen-bond donors (Lipinski definition) is 1. The molecule has 0 saturated heterocycles. The fraction of sp³-hybridized carbons (Fsp3) is 0.471. The number of carbonyl (C=O) groups is 1. The van der Waals surface area contributed by atoms with Crippen LogP contribution in [0.4, 0.5) is 13.2 Å². The van der Waals surface area contributed by atoms with Crippen molar-refractivity contribution < 1.29 is 22.5 Å². The molecule has 1 saturated carbocycles. The van der Waals surface area contributed by atoms with Crippen LogP contribution < -0.4 is 5.32 Å². The lowest BCUT2D eigenvalue weighted by molar-refractivity contribution is -0.159. The number of nitrogens with zero attached hydrogens (tertiary/aromatic N) is 2. The van der Waals surface area contributed by atoms with Crippen molar-refractivity contribution >= 4 is 29.1 Å². The van der Waals surface area contributed by atoms with Crippen LogP contribution in [0.15, 0.2) is 28.8 Å². The molecule has 1 N–H and O–H groups in total. The van der Waals surface area contributed by atoms with Crippen LogP contribution in [0.25, 0.3) is 11.4 Å². The van der Waals surface area contributed by atoms with E-state index in [1.54, 1.807) is 24.3 Å². The Hall–Kier alpha value is -1.80. The van der Waals surface area contributed by atoms with Crippen LogP contribution in [-0.2, 0) is 17.5 Å². The summed E-state index contributed by atoms with van der Waals surface area (Å²) in [6.07, 6.45) is -4.17. The van der Waals surface area contributed by atoms with Crippen molar-refractivity contribution in [3.05, 3.63) is 35.7 Å². The number of nitrogens with one attached hydrogen (secondary N) is 1. The van der Waals surface area contributed by atoms with Crippen molar-refractivity contribution in [2.45, 2.75) is 37.3 Å². The van der Waals surface area contributed by atoms with Gasteiger partial charge >= 0.3 is 12.1 Å². The minimum absolute atomic E-state index is 0.151. The number of halogens is 5. The maximum absolute atomic E-state index is 12.5. The molecule has 1 aliphatic carbocycles. The summed E-state index contributed by atoms with van der Waals surface area (Å²) in [6.45, 7) is 3.92. The van der Waals surface area contributed by atoms with Gasteiger partial charge in [-0.25, -0.2) is 0 Å². The fourth-order valence-electron chi connectivity index (χ4n) is 3.26. The third-order valence-corrected chi connectivity index (χ3v) is 6.42. The molecule has 5 nitrogen and oxygen atoms in total. The van der Waals surface area contributed by atoms with E-state index in [0.717, 1.165) is 5.56 Å². The molecule has 1 fully saturated rings. The Kier molecular flexibility index (Phi) is 4.93. The number of carbonyl (C=O) groups excluding carboxylic acids is 1. The predicted molar refractivity (Wildman–Crippen MR) is 92.9 cm³/mol. The number of amides is 1. The molecule has 0 spiro atoms. The highest BCUT2D eigenvalue weighted by atomic mass is 35.5. The van der Waals surface area contributed by atoms with E-state index in [9.17, 15) is 18.0 Å². The van der Waals surface area contributed by atoms with Crippen molar-refractivity contribution in [3.63, 3.8) is 0 Å². The molecule has 2 aromatic rings. The molecular weight excluding hydrogens is 406 g/mol. The first-order chi connectivity index (χ1) is 12.5. The van der Waals surface area contributed by atoms with Gasteiger partial charge in [0.25, 0.3) is 0 Å². The minimum atomic E-state index is -4.69. The Morgan fingerprint density at radius 2 is 1.89 bits per heavy atom. The molecule has 0 bridgehead atoms. The molecule has 1 aliphatic rings. The van der Waals surface area contributed by atoms with Gasteiger partial charge < -0.3 is 9.84 Å². The monoisotopic (exact) mass is 421 g/mol. The number of hydrogen-bond acceptors (Lipinski definition) is 4. The van der Waals surface area contributed by atoms with Gasteiger partial charge in [0, 0.05) is 18.0 Å². The van der Waals surface area contributed by atoms with Crippen molar-refractivity contribution in [2.24, 2.45) is 11.3 Å². The van der Waals surface area contributed by atoms with E-state index in [1.165, 1.54) is 0 Å². The Bertz CT molecular complexity index is 852. The van der Waals surface area contributed by atoms with Crippen LogP contribution in [-0.4, -0.2) is 20.4 Å². The second-order valence-corrected chi connectivity index (χ2v) is 7.86. The van der Waals surface area contributed by atoms with Crippen LogP contribution in [0, 0.1) is 11.3 Å². The maximum atomic E-state index is 12.5. The van der Waals surface area contributed by atoms with Gasteiger partial charge in [-0.2, -0.15) is 18.2 Å². The van der Waals surface area contributed by atoms with Gasteiger partial charge in [-0.05, 0) is 12.0 Å². The Labute approximate surface area is 163 Å². The average molecular weight is 422 g/mol. The number of aromatic nitrogens is 2. The molecule has 1 aromatic carbocycles. The lowest BCUT2D eigenvalue weighted by atomic mass is 9.99. The van der Waals surface area contributed by atoms with Crippen molar-refractivity contribution in [1.29, 1.82) is 0 Å². The maximum Gasteiger partial charge on any atom is 0.471 e. The fourth-order valence-corrected chi connectivity index (χ4v) is 4.29. The van der Waals surface area contributed by atoms with Crippen molar-refractivity contribution in [3.8, 4) is 11.4 Å². The Morgan fingerprint density at radius 3 is 2.33 bits per heavy atom. The summed E-state index contributed by atoms with van der Waals surface area (Å²) < 4.78 is 40.7. The van der Waals surface area contributed by atoms with E-state index < -0.39 is 21.8 Å². The first-order valence-corrected chi connectivity index (χ1v) is 8.96. The third-order valence-electron chi connectivity index (χ3n) is 5.09. The van der Waals surface area contributed by atoms with Gasteiger partial charge in [0.05, 0.1) is 5.41 Å². The summed E-state index contributed by atoms with van der Waals surface area (Å²) in [4.78, 5) is 15.9. The zero-order valence-corrected chi connectivity index (χ0v) is 15.9. The molecule has 27 heavy (non-hydrogen) atoms. The normalized spacial score (nSPS) is 23.9. The minimum Gasteiger partial charge on any atom is -0.351 e. The molecule has 10 heteroatoms. The van der Waals surface area contributed by atoms with Gasteiger partial charge in [0.15, 0.2) is 0 Å². The molecule has 2 atom stereocenters. The van der Waals surface area contributed by atoms with E-state index >= 15 is 0 Å². The first-order valence-electron chi connectivity index (χ1n) is 8.20. The number of benzene rings is 1. The molecule has 1 amide bonds. The molecule has 3 rings (SSSR count). The summed E-state index contributed by atoms with van der Waals surface area (Å²) >= 11 is 12.4. The summed E-state index contributed by atoms with van der Waals surface area (Å²) in [5, 5.41) is 6.14. The van der Waals surface area contributed by atoms with E-state index in [0.29, 0.717) is 12.0 Å². The second-order valence-electron chi connectivity index (χ2n) is 6.47. The highest BCUT2D eigenvalue weighted by molar-refractivity contribution is 6.53. The van der Waals surface area contributed by atoms with Crippen LogP contribution >= 0.6 is 23.2 Å². The molecule has 2 unspecified atom stereocenters. The van der Waals surface area contributed by atoms with Gasteiger partial charge in [-0.1, -0.05) is 43.3 Å². The number of alkyl halides is 5. The molecular formula is C17H16Cl2F3N3O2. The van der Waals surface area contributed by atoms with Crippen LogP contribution in [0.5, 0.6) is 0 Å². The highest BCUT2D eigenvalue weighted by Gasteiger charge is 2.76. The van der Waals surface area contributed by atoms with Gasteiger partial charge in [0.1, 0.15) is 4.33 Å². The zero-order valence-electron chi connectivity index (χ0n) is 14.4. The number of rotatable bonds is 5. The third kappa shape index (κ3) is 3.29. The van der Waals surface area contributed by atoms with Gasteiger partial charge in [0.2, 0.25) is 11.7 Å². The second kappa shape index (κ2) is 6.67. The van der Waals surface area contributed by atoms with E-state index in [4.69, 9.17) is 23.2 Å². The molecule has 1 heterocycles. The smallest absolute Gasteiger partial charge is 0.351 e. The molecule has 1 aromatic heterocycles. The standard InChI is InChI=1S/C17H16Cl2F3N3O2/c1-3-15(9(2)16(15,18)19)13(26)23-8-10-4-6-11(7-5-10)12-24-14(27-25-12)17(20,21)22/h4-7,9H,3,8H2,1-2H3,(H,23,26). The predicted octanol–water partition coefficient (Wildman–Crippen LogP) is 4.59. The Balaban J connectivity index is 1.65. The van der Waals surface area contributed by atoms with E-state index in [-0.39, 0.29) is 24.2 Å². The molecule has 146 valence electrons. The zero-order chi connectivity index (χ0) is 20.0. The molecule has 0 aliphatic heterocycles. The SMILES string of the molecule is CCC1(C(=O)NCc2ccc(-c3noc(C(F)(F)F)n3)cc2)C(C)C1(Cl)Cl. The first kappa shape index (κ1) is 19.9. The highest BCUT2D eigenvalue weighted by Crippen LogP contribution is 2.70. The summed E-state index contributed by atoms with van der Waals surface area (Å²) in [5.74, 6) is -1.94. The van der Waals surface area contributed by atoms with Crippen LogP contribution in [0.2, 0.25) is 0 Å². The van der Waals surface area contributed by atoms with Crippen LogP contribution in [0.3, 0.4) is 0 Å². The summed E-state index contributed by atoms with van der Waals surface area (Å²) in [6, 6.07) is 6.41. The van der Waals surface area contributed by atoms with Gasteiger partial charge in [-0.3, -0.25) is 4.79 Å². The van der Waals surface area contributed by atoms with Crippen molar-refractivity contribution in [2.75, 3.05) is 0 Å². The lowest BCUT2D eigenvalue weighted by Crippen LogP contribution is -2.34. The van der Waals surface area contributed by atoms with Crippen molar-refractivity contribution in [1.82, 2.24) is 15.5 Å². The Morgan fingerprint density at radius 1 is 1.30 bits per heavy atom. The summed E-state index contributed by atoms with van der Waals surface area (Å²) in [7, 11) is 0. The van der Waals surface area contributed by atoms with E-state index in [2.05, 4.69) is 20.0 Å².